The molecule has 4 heteroatoms. The van der Waals surface area contributed by atoms with Crippen molar-refractivity contribution >= 4 is 28.6 Å². The minimum absolute atomic E-state index is 0.0789. The van der Waals surface area contributed by atoms with E-state index >= 15 is 0 Å². The van der Waals surface area contributed by atoms with Gasteiger partial charge in [-0.05, 0) is 12.3 Å². The fourth-order valence-electron chi connectivity index (χ4n) is 2.18. The first-order valence-electron chi connectivity index (χ1n) is 4.16. The van der Waals surface area contributed by atoms with Gasteiger partial charge in [-0.25, -0.2) is 0 Å². The zero-order valence-corrected chi connectivity index (χ0v) is 8.73. The van der Waals surface area contributed by atoms with E-state index in [1.165, 1.54) is 0 Å². The summed E-state index contributed by atoms with van der Waals surface area (Å²) in [7, 11) is 0. The Morgan fingerprint density at radius 3 is 3.08 bits per heavy atom. The standard InChI is InChI=1S/C8H11IO3/c9-6-1-4(3-10)5-2-7(11)12-8(5)6/h4-6,8,10H,1-3H2/t4-,5+,6+,8+/m0/s1. The molecule has 0 spiro atoms. The Kier molecular flexibility index (Phi) is 2.29. The predicted molar refractivity (Wildman–Crippen MR) is 51.0 cm³/mol. The minimum atomic E-state index is -0.0928. The van der Waals surface area contributed by atoms with Crippen LogP contribution in [-0.2, 0) is 9.53 Å². The Hall–Kier alpha value is 0.160. The molecule has 1 N–H and O–H groups in total. The molecule has 1 aliphatic carbocycles. The molecule has 0 radical (unpaired) electrons. The van der Waals surface area contributed by atoms with Gasteiger partial charge in [0.1, 0.15) is 6.10 Å². The lowest BCUT2D eigenvalue weighted by Crippen LogP contribution is -2.19. The topological polar surface area (TPSA) is 46.5 Å². The molecule has 0 aromatic heterocycles. The van der Waals surface area contributed by atoms with E-state index in [9.17, 15) is 4.79 Å². The lowest BCUT2D eigenvalue weighted by Gasteiger charge is -2.12. The fourth-order valence-corrected chi connectivity index (χ4v) is 3.51. The number of hydrogen-bond donors (Lipinski definition) is 1. The number of fused-ring (bicyclic) bond motifs is 1. The second-order valence-corrected chi connectivity index (χ2v) is 5.12. The van der Waals surface area contributed by atoms with Crippen LogP contribution in [0.2, 0.25) is 0 Å². The molecule has 1 saturated carbocycles. The second kappa shape index (κ2) is 3.14. The molecule has 4 atom stereocenters. The monoisotopic (exact) mass is 282 g/mol. The highest BCUT2D eigenvalue weighted by Crippen LogP contribution is 2.44. The lowest BCUT2D eigenvalue weighted by molar-refractivity contribution is -0.141. The van der Waals surface area contributed by atoms with Gasteiger partial charge in [0.05, 0.1) is 6.42 Å². The summed E-state index contributed by atoms with van der Waals surface area (Å²) < 4.78 is 5.57. The lowest BCUT2D eigenvalue weighted by atomic mass is 9.94. The summed E-state index contributed by atoms with van der Waals surface area (Å²) in [5, 5.41) is 9.05. The Labute approximate surface area is 84.6 Å². The summed E-state index contributed by atoms with van der Waals surface area (Å²) in [6.45, 7) is 0.192. The normalized spacial score (nSPS) is 46.0. The van der Waals surface area contributed by atoms with E-state index in [1.807, 2.05) is 0 Å². The Bertz CT molecular complexity index is 206. The van der Waals surface area contributed by atoms with E-state index in [-0.39, 0.29) is 30.5 Å². The molecule has 1 saturated heterocycles. The van der Waals surface area contributed by atoms with Gasteiger partial charge in [-0.15, -0.1) is 0 Å². The molecule has 0 aromatic carbocycles. The largest absolute Gasteiger partial charge is 0.461 e. The van der Waals surface area contributed by atoms with E-state index in [2.05, 4.69) is 22.6 Å². The zero-order chi connectivity index (χ0) is 8.72. The summed E-state index contributed by atoms with van der Waals surface area (Å²) in [5.41, 5.74) is 0. The molecular weight excluding hydrogens is 271 g/mol. The van der Waals surface area contributed by atoms with Crippen molar-refractivity contribution in [3.05, 3.63) is 0 Å². The third-order valence-electron chi connectivity index (χ3n) is 2.82. The molecule has 0 amide bonds. The van der Waals surface area contributed by atoms with E-state index in [1.54, 1.807) is 0 Å². The van der Waals surface area contributed by atoms with Crippen LogP contribution in [0.15, 0.2) is 0 Å². The van der Waals surface area contributed by atoms with Crippen molar-refractivity contribution in [1.29, 1.82) is 0 Å². The summed E-state index contributed by atoms with van der Waals surface area (Å²) >= 11 is 2.31. The summed E-state index contributed by atoms with van der Waals surface area (Å²) in [6.07, 6.45) is 1.57. The van der Waals surface area contributed by atoms with Crippen molar-refractivity contribution < 1.29 is 14.6 Å². The molecular formula is C8H11IO3. The van der Waals surface area contributed by atoms with Crippen LogP contribution >= 0.6 is 22.6 Å². The summed E-state index contributed by atoms with van der Waals surface area (Å²) in [5.74, 6) is 0.470. The highest BCUT2D eigenvalue weighted by molar-refractivity contribution is 14.1. The first-order valence-corrected chi connectivity index (χ1v) is 5.41. The van der Waals surface area contributed by atoms with Gasteiger partial charge in [0.15, 0.2) is 0 Å². The number of hydrogen-bond acceptors (Lipinski definition) is 3. The van der Waals surface area contributed by atoms with Gasteiger partial charge < -0.3 is 9.84 Å². The average Bonchev–Trinajstić information content (AvgIpc) is 2.52. The van der Waals surface area contributed by atoms with E-state index in [4.69, 9.17) is 9.84 Å². The van der Waals surface area contributed by atoms with E-state index in [0.717, 1.165) is 6.42 Å². The fraction of sp³-hybridized carbons (Fsp3) is 0.875. The van der Waals surface area contributed by atoms with Crippen LogP contribution in [0, 0.1) is 11.8 Å². The first kappa shape index (κ1) is 8.74. The molecule has 68 valence electrons. The molecule has 1 heterocycles. The van der Waals surface area contributed by atoms with Gasteiger partial charge >= 0.3 is 5.97 Å². The van der Waals surface area contributed by atoms with Gasteiger partial charge in [-0.3, -0.25) is 4.79 Å². The van der Waals surface area contributed by atoms with E-state index in [0.29, 0.717) is 10.3 Å². The summed E-state index contributed by atoms with van der Waals surface area (Å²) in [4.78, 5) is 11.0. The number of aliphatic hydroxyl groups excluding tert-OH is 1. The van der Waals surface area contributed by atoms with E-state index < -0.39 is 0 Å². The average molecular weight is 282 g/mol. The van der Waals surface area contributed by atoms with Gasteiger partial charge in [-0.2, -0.15) is 0 Å². The van der Waals surface area contributed by atoms with Crippen LogP contribution < -0.4 is 0 Å². The third-order valence-corrected chi connectivity index (χ3v) is 4.03. The predicted octanol–water partition coefficient (Wildman–Crippen LogP) is 0.734. The van der Waals surface area contributed by atoms with Crippen molar-refractivity contribution in [3.63, 3.8) is 0 Å². The smallest absolute Gasteiger partial charge is 0.306 e. The maximum Gasteiger partial charge on any atom is 0.306 e. The molecule has 0 unspecified atom stereocenters. The maximum absolute atomic E-state index is 11.0. The van der Waals surface area contributed by atoms with Crippen LogP contribution in [0.25, 0.3) is 0 Å². The molecule has 0 bridgehead atoms. The number of carbonyl (C=O) groups is 1. The first-order chi connectivity index (χ1) is 5.72. The van der Waals surface area contributed by atoms with Crippen LogP contribution in [0.3, 0.4) is 0 Å². The van der Waals surface area contributed by atoms with Crippen LogP contribution in [0.4, 0.5) is 0 Å². The molecule has 2 aliphatic rings. The van der Waals surface area contributed by atoms with Crippen molar-refractivity contribution in [2.45, 2.75) is 22.9 Å². The van der Waals surface area contributed by atoms with Crippen molar-refractivity contribution in [1.82, 2.24) is 0 Å². The minimum Gasteiger partial charge on any atom is -0.461 e. The number of aliphatic hydroxyl groups is 1. The Morgan fingerprint density at radius 1 is 1.67 bits per heavy atom. The zero-order valence-electron chi connectivity index (χ0n) is 6.57. The Morgan fingerprint density at radius 2 is 2.42 bits per heavy atom. The van der Waals surface area contributed by atoms with Gasteiger partial charge in [-0.1, -0.05) is 22.6 Å². The Balaban J connectivity index is 2.13. The quantitative estimate of drug-likeness (QED) is 0.438. The number of rotatable bonds is 1. The molecule has 2 fully saturated rings. The SMILES string of the molecule is O=C1C[C@@H]2[C@H](CO)C[C@@H](I)[C@@H]2O1. The molecule has 2 rings (SSSR count). The number of halogens is 1. The van der Waals surface area contributed by atoms with Crippen molar-refractivity contribution in [2.24, 2.45) is 11.8 Å². The number of esters is 1. The molecule has 1 aliphatic heterocycles. The summed E-state index contributed by atoms with van der Waals surface area (Å²) in [6, 6.07) is 0. The third kappa shape index (κ3) is 1.25. The highest BCUT2D eigenvalue weighted by atomic mass is 127. The van der Waals surface area contributed by atoms with Crippen LogP contribution in [-0.4, -0.2) is 27.7 Å². The highest BCUT2D eigenvalue weighted by Gasteiger charge is 2.49. The maximum atomic E-state index is 11.0. The second-order valence-electron chi connectivity index (χ2n) is 3.52. The molecule has 3 nitrogen and oxygen atoms in total. The number of carbonyl (C=O) groups excluding carboxylic acids is 1. The van der Waals surface area contributed by atoms with Crippen molar-refractivity contribution in [2.75, 3.05) is 6.61 Å². The van der Waals surface area contributed by atoms with Crippen molar-refractivity contribution in [3.8, 4) is 0 Å². The van der Waals surface area contributed by atoms with Gasteiger partial charge in [0.2, 0.25) is 0 Å². The van der Waals surface area contributed by atoms with Gasteiger partial charge in [0.25, 0.3) is 0 Å². The number of ether oxygens (including phenoxy) is 1. The van der Waals surface area contributed by atoms with Crippen LogP contribution in [0.5, 0.6) is 0 Å². The van der Waals surface area contributed by atoms with Crippen LogP contribution in [0.1, 0.15) is 12.8 Å². The molecule has 12 heavy (non-hydrogen) atoms. The van der Waals surface area contributed by atoms with Gasteiger partial charge in [0, 0.05) is 16.4 Å². The molecule has 0 aromatic rings. The number of alkyl halides is 1.